The van der Waals surface area contributed by atoms with Gasteiger partial charge < -0.3 is 4.90 Å². The average molecular weight is 176 g/mol. The largest absolute Gasteiger partial charge is 0.305 e. The monoisotopic (exact) mass is 176 g/mol. The second-order valence-corrected chi connectivity index (χ2v) is 2.79. The summed E-state index contributed by atoms with van der Waals surface area (Å²) in [6.45, 7) is 4.85. The van der Waals surface area contributed by atoms with Crippen LogP contribution in [0, 0.1) is 0 Å². The molecule has 0 saturated heterocycles. The molecule has 3 heteroatoms. The van der Waals surface area contributed by atoms with Crippen LogP contribution in [0.3, 0.4) is 0 Å². The molecule has 0 saturated carbocycles. The summed E-state index contributed by atoms with van der Waals surface area (Å²) < 4.78 is 0. The first-order valence-electron chi connectivity index (χ1n) is 4.54. The van der Waals surface area contributed by atoms with Gasteiger partial charge in [0, 0.05) is 12.7 Å². The maximum Gasteiger partial charge on any atom is 0.142 e. The molecule has 0 spiro atoms. The van der Waals surface area contributed by atoms with E-state index in [1.807, 2.05) is 40.1 Å². The summed E-state index contributed by atoms with van der Waals surface area (Å²) in [6, 6.07) is 3.89. The molecular formula is C10H17BN2. The summed E-state index contributed by atoms with van der Waals surface area (Å²) in [6.07, 6.45) is 1.70. The van der Waals surface area contributed by atoms with E-state index in [-0.39, 0.29) is 0 Å². The molecule has 0 fully saturated rings. The third-order valence-corrected chi connectivity index (χ3v) is 1.41. The second kappa shape index (κ2) is 6.67. The number of aromatic nitrogens is 1. The molecule has 0 amide bonds. The van der Waals surface area contributed by atoms with Crippen molar-refractivity contribution in [3.8, 4) is 0 Å². The van der Waals surface area contributed by atoms with E-state index in [1.54, 1.807) is 6.20 Å². The maximum atomic E-state index is 5.63. The molecule has 13 heavy (non-hydrogen) atoms. The highest BCUT2D eigenvalue weighted by molar-refractivity contribution is 6.31. The van der Waals surface area contributed by atoms with Gasteiger partial charge in [-0.1, -0.05) is 19.9 Å². The van der Waals surface area contributed by atoms with Crippen LogP contribution in [0.15, 0.2) is 18.3 Å². The van der Waals surface area contributed by atoms with E-state index in [9.17, 15) is 0 Å². The Balaban J connectivity index is 0.000000671. The van der Waals surface area contributed by atoms with Crippen molar-refractivity contribution in [2.24, 2.45) is 0 Å². The maximum absolute atomic E-state index is 5.63. The lowest BCUT2D eigenvalue weighted by molar-refractivity contribution is 0.403. The molecule has 0 unspecified atom stereocenters. The Kier molecular flexibility index (Phi) is 6.24. The van der Waals surface area contributed by atoms with E-state index in [0.29, 0.717) is 5.59 Å². The Morgan fingerprint density at radius 2 is 2.00 bits per heavy atom. The Morgan fingerprint density at radius 1 is 1.38 bits per heavy atom. The molecule has 0 bridgehead atoms. The topological polar surface area (TPSA) is 16.1 Å². The van der Waals surface area contributed by atoms with Crippen molar-refractivity contribution >= 4 is 13.4 Å². The molecule has 0 aliphatic carbocycles. The first-order chi connectivity index (χ1) is 6.20. The molecule has 0 atom stereocenters. The molecule has 0 N–H and O–H groups in total. The average Bonchev–Trinajstić information content (AvgIpc) is 2.12. The number of nitrogens with zero attached hydrogens (tertiary/aromatic N) is 2. The minimum absolute atomic E-state index is 0.626. The zero-order valence-electron chi connectivity index (χ0n) is 8.91. The van der Waals surface area contributed by atoms with E-state index < -0.39 is 0 Å². The van der Waals surface area contributed by atoms with Crippen LogP contribution in [0.2, 0.25) is 0 Å². The number of hydrogen-bond donors (Lipinski definition) is 0. The molecular weight excluding hydrogens is 159 g/mol. The van der Waals surface area contributed by atoms with Crippen molar-refractivity contribution in [2.45, 2.75) is 20.4 Å². The van der Waals surface area contributed by atoms with Crippen LogP contribution in [0.5, 0.6) is 0 Å². The highest BCUT2D eigenvalue weighted by Crippen LogP contribution is 1.94. The van der Waals surface area contributed by atoms with Gasteiger partial charge in [-0.15, -0.1) is 0 Å². The van der Waals surface area contributed by atoms with Crippen LogP contribution in [0.25, 0.3) is 0 Å². The SMILES string of the molecule is CC.[B]c1ncccc1CN(C)C. The zero-order chi connectivity index (χ0) is 10.3. The van der Waals surface area contributed by atoms with Crippen molar-refractivity contribution in [2.75, 3.05) is 14.1 Å². The fourth-order valence-electron chi connectivity index (χ4n) is 0.925. The van der Waals surface area contributed by atoms with Crippen molar-refractivity contribution in [3.05, 3.63) is 23.9 Å². The Labute approximate surface area is 82.4 Å². The van der Waals surface area contributed by atoms with Gasteiger partial charge in [0.05, 0.1) is 0 Å². The van der Waals surface area contributed by atoms with Crippen LogP contribution < -0.4 is 5.59 Å². The highest BCUT2D eigenvalue weighted by Gasteiger charge is 1.97. The second-order valence-electron chi connectivity index (χ2n) is 2.79. The normalized spacial score (nSPS) is 9.31. The van der Waals surface area contributed by atoms with E-state index in [1.165, 1.54) is 0 Å². The predicted molar refractivity (Wildman–Crippen MR) is 58.4 cm³/mol. The van der Waals surface area contributed by atoms with Gasteiger partial charge in [-0.25, -0.2) is 0 Å². The summed E-state index contributed by atoms with van der Waals surface area (Å²) >= 11 is 0. The predicted octanol–water partition coefficient (Wildman–Crippen LogP) is 0.963. The summed E-state index contributed by atoms with van der Waals surface area (Å²) in [5.41, 5.74) is 1.71. The molecule has 1 heterocycles. The summed E-state index contributed by atoms with van der Waals surface area (Å²) in [5.74, 6) is 0. The van der Waals surface area contributed by atoms with E-state index in [0.717, 1.165) is 12.1 Å². The molecule has 1 aromatic heterocycles. The van der Waals surface area contributed by atoms with Gasteiger partial charge in [-0.2, -0.15) is 0 Å². The van der Waals surface area contributed by atoms with Gasteiger partial charge in [0.2, 0.25) is 0 Å². The van der Waals surface area contributed by atoms with Crippen molar-refractivity contribution < 1.29 is 0 Å². The molecule has 1 aromatic rings. The van der Waals surface area contributed by atoms with Crippen LogP contribution in [0.1, 0.15) is 19.4 Å². The minimum atomic E-state index is 0.626. The lowest BCUT2D eigenvalue weighted by Crippen LogP contribution is -2.20. The molecule has 2 nitrogen and oxygen atoms in total. The molecule has 70 valence electrons. The van der Waals surface area contributed by atoms with Gasteiger partial charge in [0.1, 0.15) is 7.85 Å². The summed E-state index contributed by atoms with van der Waals surface area (Å²) in [7, 11) is 9.64. The fourth-order valence-corrected chi connectivity index (χ4v) is 0.925. The Hall–Kier alpha value is -0.825. The Morgan fingerprint density at radius 3 is 2.46 bits per heavy atom. The van der Waals surface area contributed by atoms with Gasteiger partial charge in [-0.05, 0) is 31.3 Å². The van der Waals surface area contributed by atoms with Crippen LogP contribution >= 0.6 is 0 Å². The van der Waals surface area contributed by atoms with Crippen molar-refractivity contribution in [1.82, 2.24) is 9.88 Å². The number of rotatable bonds is 2. The van der Waals surface area contributed by atoms with Gasteiger partial charge >= 0.3 is 0 Å². The molecule has 2 radical (unpaired) electrons. The van der Waals surface area contributed by atoms with E-state index >= 15 is 0 Å². The van der Waals surface area contributed by atoms with Crippen molar-refractivity contribution in [1.29, 1.82) is 0 Å². The number of hydrogen-bond acceptors (Lipinski definition) is 2. The molecule has 0 aliphatic rings. The molecule has 1 rings (SSSR count). The van der Waals surface area contributed by atoms with Crippen molar-refractivity contribution in [3.63, 3.8) is 0 Å². The van der Waals surface area contributed by atoms with E-state index in [2.05, 4.69) is 9.88 Å². The zero-order valence-corrected chi connectivity index (χ0v) is 8.91. The van der Waals surface area contributed by atoms with Crippen LogP contribution in [0.4, 0.5) is 0 Å². The van der Waals surface area contributed by atoms with Crippen LogP contribution in [-0.2, 0) is 6.54 Å². The number of pyridine rings is 1. The van der Waals surface area contributed by atoms with Gasteiger partial charge in [0.15, 0.2) is 0 Å². The third kappa shape index (κ3) is 4.68. The van der Waals surface area contributed by atoms with Crippen LogP contribution in [-0.4, -0.2) is 31.8 Å². The van der Waals surface area contributed by atoms with Gasteiger partial charge in [0.25, 0.3) is 0 Å². The first kappa shape index (κ1) is 12.2. The smallest absolute Gasteiger partial charge is 0.142 e. The highest BCUT2D eigenvalue weighted by atomic mass is 15.0. The standard InChI is InChI=1S/C8H11BN2.C2H6/c1-11(2)6-7-4-3-5-10-8(7)9;1-2/h3-5H,6H2,1-2H3;1-2H3. The fraction of sp³-hybridized carbons (Fsp3) is 0.500. The lowest BCUT2D eigenvalue weighted by Gasteiger charge is -2.10. The molecule has 0 aromatic carbocycles. The minimum Gasteiger partial charge on any atom is -0.305 e. The first-order valence-corrected chi connectivity index (χ1v) is 4.54. The lowest BCUT2D eigenvalue weighted by atomic mass is 9.97. The summed E-state index contributed by atoms with van der Waals surface area (Å²) in [4.78, 5) is 6.05. The van der Waals surface area contributed by atoms with Gasteiger partial charge in [-0.3, -0.25) is 4.98 Å². The quantitative estimate of drug-likeness (QED) is 0.624. The summed E-state index contributed by atoms with van der Waals surface area (Å²) in [5, 5.41) is 0. The van der Waals surface area contributed by atoms with E-state index in [4.69, 9.17) is 7.85 Å². The Bertz CT molecular complexity index is 236. The third-order valence-electron chi connectivity index (χ3n) is 1.41. The molecule has 0 aliphatic heterocycles.